The zero-order valence-corrected chi connectivity index (χ0v) is 16.9. The molecule has 6 heteroatoms. The summed E-state index contributed by atoms with van der Waals surface area (Å²) in [5, 5.41) is 6.19. The molecule has 0 spiro atoms. The molecule has 0 radical (unpaired) electrons. The molecule has 6 nitrogen and oxygen atoms in total. The third-order valence-electron chi connectivity index (χ3n) is 6.08. The van der Waals surface area contributed by atoms with Gasteiger partial charge in [-0.15, -0.1) is 0 Å². The van der Waals surface area contributed by atoms with Gasteiger partial charge in [0.1, 0.15) is 26.2 Å². The predicted molar refractivity (Wildman–Crippen MR) is 106 cm³/mol. The molecule has 1 heterocycles. The lowest BCUT2D eigenvalue weighted by atomic mass is 10.1. The number of rotatable bonds is 7. The Morgan fingerprint density at radius 3 is 2.22 bits per heavy atom. The van der Waals surface area contributed by atoms with Gasteiger partial charge in [0.05, 0.1) is 0 Å². The number of quaternary nitrogens is 2. The van der Waals surface area contributed by atoms with Gasteiger partial charge >= 0.3 is 0 Å². The van der Waals surface area contributed by atoms with Gasteiger partial charge in [0.15, 0.2) is 13.1 Å². The zero-order chi connectivity index (χ0) is 19.4. The highest BCUT2D eigenvalue weighted by Gasteiger charge is 2.31. The van der Waals surface area contributed by atoms with Crippen molar-refractivity contribution in [2.75, 3.05) is 44.6 Å². The van der Waals surface area contributed by atoms with E-state index >= 15 is 0 Å². The van der Waals surface area contributed by atoms with E-state index in [4.69, 9.17) is 0 Å². The summed E-state index contributed by atoms with van der Waals surface area (Å²) in [7, 11) is 0. The number of aryl methyl sites for hydroxylation is 1. The highest BCUT2D eigenvalue weighted by molar-refractivity contribution is 5.92. The van der Waals surface area contributed by atoms with Crippen molar-refractivity contribution in [3.05, 3.63) is 29.3 Å². The summed E-state index contributed by atoms with van der Waals surface area (Å²) < 4.78 is 0. The second kappa shape index (κ2) is 8.85. The van der Waals surface area contributed by atoms with Gasteiger partial charge in [-0.3, -0.25) is 9.59 Å². The van der Waals surface area contributed by atoms with Gasteiger partial charge in [-0.25, -0.2) is 0 Å². The SMILES string of the molecule is Cc1cccc(NC(=O)C[NH+]2CC[NH+](CC(=O)N[C@@H](C)C3CC3)CC2)c1C. The molecule has 1 saturated carbocycles. The summed E-state index contributed by atoms with van der Waals surface area (Å²) in [5.41, 5.74) is 3.22. The molecule has 2 amide bonds. The lowest BCUT2D eigenvalue weighted by Gasteiger charge is -2.29. The van der Waals surface area contributed by atoms with Crippen LogP contribution in [0.2, 0.25) is 0 Å². The molecule has 0 unspecified atom stereocenters. The van der Waals surface area contributed by atoms with Crippen molar-refractivity contribution in [1.82, 2.24) is 5.32 Å². The molecule has 1 aromatic rings. The van der Waals surface area contributed by atoms with Crippen LogP contribution in [0.3, 0.4) is 0 Å². The third kappa shape index (κ3) is 5.78. The lowest BCUT2D eigenvalue weighted by Crippen LogP contribution is -3.28. The molecule has 2 fully saturated rings. The first-order valence-corrected chi connectivity index (χ1v) is 10.2. The molecule has 0 bridgehead atoms. The maximum atomic E-state index is 12.4. The minimum atomic E-state index is 0.0677. The Morgan fingerprint density at radius 2 is 1.63 bits per heavy atom. The fourth-order valence-corrected chi connectivity index (χ4v) is 3.86. The van der Waals surface area contributed by atoms with Crippen LogP contribution in [-0.4, -0.2) is 57.1 Å². The van der Waals surface area contributed by atoms with Crippen molar-refractivity contribution < 1.29 is 19.4 Å². The Bertz CT molecular complexity index is 679. The van der Waals surface area contributed by atoms with Crippen LogP contribution in [0.25, 0.3) is 0 Å². The summed E-state index contributed by atoms with van der Waals surface area (Å²) in [4.78, 5) is 27.2. The summed E-state index contributed by atoms with van der Waals surface area (Å²) in [6.07, 6.45) is 2.50. The number of carbonyl (C=O) groups is 2. The van der Waals surface area contributed by atoms with E-state index in [0.717, 1.165) is 37.4 Å². The highest BCUT2D eigenvalue weighted by Crippen LogP contribution is 2.32. The average Bonchev–Trinajstić information content (AvgIpc) is 3.46. The minimum Gasteiger partial charge on any atom is -0.348 e. The first-order valence-electron chi connectivity index (χ1n) is 10.2. The van der Waals surface area contributed by atoms with E-state index in [-0.39, 0.29) is 11.8 Å². The molecule has 2 aliphatic rings. The maximum absolute atomic E-state index is 12.4. The molecular weight excluding hydrogens is 340 g/mol. The number of benzene rings is 1. The maximum Gasteiger partial charge on any atom is 0.279 e. The first-order chi connectivity index (χ1) is 12.9. The van der Waals surface area contributed by atoms with Crippen LogP contribution in [0.15, 0.2) is 18.2 Å². The third-order valence-corrected chi connectivity index (χ3v) is 6.08. The number of amides is 2. The number of hydrogen-bond donors (Lipinski definition) is 4. The van der Waals surface area contributed by atoms with E-state index in [1.54, 1.807) is 0 Å². The monoisotopic (exact) mass is 374 g/mol. The lowest BCUT2D eigenvalue weighted by molar-refractivity contribution is -1.00. The van der Waals surface area contributed by atoms with E-state index in [1.165, 1.54) is 28.2 Å². The Morgan fingerprint density at radius 1 is 1.04 bits per heavy atom. The number of anilines is 1. The van der Waals surface area contributed by atoms with Gasteiger partial charge in [-0.2, -0.15) is 0 Å². The first kappa shape index (κ1) is 19.8. The summed E-state index contributed by atoms with van der Waals surface area (Å²) >= 11 is 0. The Kier molecular flexibility index (Phi) is 6.50. The number of nitrogens with one attached hydrogen (secondary N) is 4. The second-order valence-electron chi connectivity index (χ2n) is 8.34. The highest BCUT2D eigenvalue weighted by atomic mass is 16.2. The normalized spacial score (nSPS) is 23.5. The molecule has 1 atom stereocenters. The molecule has 148 valence electrons. The average molecular weight is 375 g/mol. The standard InChI is InChI=1S/C21H32N4O2/c1-15-5-4-6-19(16(15)2)23-21(27)14-25-11-9-24(10-12-25)13-20(26)22-17(3)18-7-8-18/h4-6,17-18H,7-14H2,1-3H3,(H,22,26)(H,23,27)/p+2/t17-/m0/s1. The fraction of sp³-hybridized carbons (Fsp3) is 0.619. The second-order valence-corrected chi connectivity index (χ2v) is 8.34. The van der Waals surface area contributed by atoms with Crippen LogP contribution in [0.5, 0.6) is 0 Å². The van der Waals surface area contributed by atoms with Gasteiger partial charge in [-0.05, 0) is 56.7 Å². The molecule has 1 saturated heterocycles. The van der Waals surface area contributed by atoms with Crippen molar-refractivity contribution in [3.8, 4) is 0 Å². The molecule has 1 aliphatic carbocycles. The molecule has 3 rings (SSSR count). The van der Waals surface area contributed by atoms with Crippen molar-refractivity contribution in [3.63, 3.8) is 0 Å². The molecule has 4 N–H and O–H groups in total. The van der Waals surface area contributed by atoms with Gasteiger partial charge in [-0.1, -0.05) is 12.1 Å². The smallest absolute Gasteiger partial charge is 0.279 e. The fourth-order valence-electron chi connectivity index (χ4n) is 3.86. The van der Waals surface area contributed by atoms with Gasteiger partial charge in [0.2, 0.25) is 0 Å². The van der Waals surface area contributed by atoms with Crippen molar-refractivity contribution in [2.24, 2.45) is 5.92 Å². The predicted octanol–water partition coefficient (Wildman–Crippen LogP) is -1.06. The van der Waals surface area contributed by atoms with E-state index in [1.807, 2.05) is 19.1 Å². The van der Waals surface area contributed by atoms with Crippen LogP contribution in [-0.2, 0) is 9.59 Å². The topological polar surface area (TPSA) is 67.1 Å². The quantitative estimate of drug-likeness (QED) is 0.492. The number of piperazine rings is 1. The molecule has 1 aliphatic heterocycles. The van der Waals surface area contributed by atoms with Crippen LogP contribution < -0.4 is 20.4 Å². The number of carbonyl (C=O) groups excluding carboxylic acids is 2. The van der Waals surface area contributed by atoms with E-state index in [9.17, 15) is 9.59 Å². The summed E-state index contributed by atoms with van der Waals surface area (Å²) in [5.74, 6) is 0.930. The van der Waals surface area contributed by atoms with Gasteiger partial charge < -0.3 is 20.4 Å². The summed E-state index contributed by atoms with van der Waals surface area (Å²) in [6, 6.07) is 6.30. The van der Waals surface area contributed by atoms with Crippen molar-refractivity contribution in [1.29, 1.82) is 0 Å². The van der Waals surface area contributed by atoms with Crippen molar-refractivity contribution >= 4 is 17.5 Å². The Balaban J connectivity index is 1.38. The largest absolute Gasteiger partial charge is 0.348 e. The van der Waals surface area contributed by atoms with E-state index in [0.29, 0.717) is 25.0 Å². The zero-order valence-electron chi connectivity index (χ0n) is 16.9. The van der Waals surface area contributed by atoms with Crippen LogP contribution >= 0.6 is 0 Å². The molecular formula is C21H34N4O2+2. The Hall–Kier alpha value is -1.92. The van der Waals surface area contributed by atoms with Crippen LogP contribution in [0.1, 0.15) is 30.9 Å². The molecule has 0 aromatic heterocycles. The van der Waals surface area contributed by atoms with E-state index < -0.39 is 0 Å². The summed E-state index contributed by atoms with van der Waals surface area (Å²) in [6.45, 7) is 11.0. The minimum absolute atomic E-state index is 0.0677. The number of hydrogen-bond acceptors (Lipinski definition) is 2. The van der Waals surface area contributed by atoms with E-state index in [2.05, 4.69) is 30.5 Å². The molecule has 27 heavy (non-hydrogen) atoms. The van der Waals surface area contributed by atoms with Gasteiger partial charge in [0, 0.05) is 11.7 Å². The molecule has 1 aromatic carbocycles. The van der Waals surface area contributed by atoms with Gasteiger partial charge in [0.25, 0.3) is 11.8 Å². The van der Waals surface area contributed by atoms with Crippen LogP contribution in [0.4, 0.5) is 5.69 Å². The Labute approximate surface area is 162 Å². The van der Waals surface area contributed by atoms with Crippen molar-refractivity contribution in [2.45, 2.75) is 39.7 Å². The van der Waals surface area contributed by atoms with Crippen LogP contribution in [0, 0.1) is 19.8 Å².